The van der Waals surface area contributed by atoms with Gasteiger partial charge >= 0.3 is 18.9 Å². The van der Waals surface area contributed by atoms with E-state index in [1.165, 1.54) is 64.2 Å². The van der Waals surface area contributed by atoms with E-state index >= 15 is 0 Å². The molecule has 0 aromatic heterocycles. The van der Waals surface area contributed by atoms with Crippen molar-refractivity contribution in [2.24, 2.45) is 0 Å². The molecule has 0 N–H and O–H groups in total. The van der Waals surface area contributed by atoms with Gasteiger partial charge in [-0.15, -0.1) is 12.1 Å². The summed E-state index contributed by atoms with van der Waals surface area (Å²) in [6.07, 6.45) is 14.2. The van der Waals surface area contributed by atoms with Gasteiger partial charge in [0.05, 0.1) is 0 Å². The first-order valence-electron chi connectivity index (χ1n) is 6.15. The van der Waals surface area contributed by atoms with Gasteiger partial charge in [-0.2, -0.15) is 0 Å². The molecule has 0 aromatic rings. The maximum absolute atomic E-state index is 5.00. The fourth-order valence-electron chi connectivity index (χ4n) is 2.76. The van der Waals surface area contributed by atoms with Crippen molar-refractivity contribution in [2.75, 3.05) is 0 Å². The van der Waals surface area contributed by atoms with Gasteiger partial charge in [0.1, 0.15) is 0 Å². The summed E-state index contributed by atoms with van der Waals surface area (Å²) in [6.45, 7) is 0. The first kappa shape index (κ1) is 12.6. The topological polar surface area (TPSA) is 14.1 Å². The molecule has 0 amide bonds. The molecule has 0 atom stereocenters. The van der Waals surface area contributed by atoms with Gasteiger partial charge in [-0.3, -0.25) is 0 Å². The first-order chi connectivity index (χ1) is 6.45. The number of hydrogen-bond donors (Lipinski definition) is 0. The Balaban J connectivity index is 0.000000980. The van der Waals surface area contributed by atoms with Gasteiger partial charge in [0.15, 0.2) is 0 Å². The molecule has 2 heteroatoms. The third-order valence-electron chi connectivity index (χ3n) is 3.57. The second-order valence-corrected chi connectivity index (χ2v) is 4.73. The van der Waals surface area contributed by atoms with Crippen molar-refractivity contribution < 1.29 is 18.9 Å². The molecular formula is C12H22LiN. The quantitative estimate of drug-likeness (QED) is 0.573. The Kier molecular flexibility index (Phi) is 6.25. The molecule has 2 rings (SSSR count). The van der Waals surface area contributed by atoms with E-state index < -0.39 is 0 Å². The van der Waals surface area contributed by atoms with Crippen molar-refractivity contribution in [2.45, 2.75) is 76.3 Å². The summed E-state index contributed by atoms with van der Waals surface area (Å²) in [6, 6.07) is 1.49. The fraction of sp³-hybridized carbons (Fsp3) is 1.00. The fourth-order valence-corrected chi connectivity index (χ4v) is 2.76. The van der Waals surface area contributed by atoms with Crippen LogP contribution in [0.1, 0.15) is 64.2 Å². The van der Waals surface area contributed by atoms with Crippen LogP contribution in [0.5, 0.6) is 0 Å². The molecule has 76 valence electrons. The molecule has 0 heterocycles. The molecule has 2 aliphatic rings. The predicted molar refractivity (Wildman–Crippen MR) is 57.1 cm³/mol. The van der Waals surface area contributed by atoms with Crippen molar-refractivity contribution in [3.63, 3.8) is 0 Å². The SMILES string of the molecule is C1CCC([N-]C2CCCCC2)CC1.[Li+]. The summed E-state index contributed by atoms with van der Waals surface area (Å²) in [5, 5.41) is 5.00. The molecule has 0 radical (unpaired) electrons. The minimum atomic E-state index is 0. The molecule has 0 saturated heterocycles. The Morgan fingerprint density at radius 3 is 1.29 bits per heavy atom. The molecule has 0 spiro atoms. The minimum absolute atomic E-state index is 0. The molecule has 0 bridgehead atoms. The summed E-state index contributed by atoms with van der Waals surface area (Å²) < 4.78 is 0. The molecule has 0 unspecified atom stereocenters. The van der Waals surface area contributed by atoms with Crippen LogP contribution >= 0.6 is 0 Å². The van der Waals surface area contributed by atoms with Crippen LogP contribution in [-0.2, 0) is 0 Å². The summed E-state index contributed by atoms with van der Waals surface area (Å²) in [5.41, 5.74) is 0. The van der Waals surface area contributed by atoms with Crippen LogP contribution in [-0.4, -0.2) is 12.1 Å². The van der Waals surface area contributed by atoms with Crippen LogP contribution in [0.3, 0.4) is 0 Å². The van der Waals surface area contributed by atoms with E-state index in [0.717, 1.165) is 12.1 Å². The van der Waals surface area contributed by atoms with Crippen LogP contribution < -0.4 is 18.9 Å². The van der Waals surface area contributed by atoms with Crippen molar-refractivity contribution in [1.29, 1.82) is 0 Å². The molecule has 0 aromatic carbocycles. The standard InChI is InChI=1S/C12H22N.Li/c1-3-7-11(8-4-1)13-12-9-5-2-6-10-12;/h11-12H,1-10H2;/q-1;+1. The molecule has 14 heavy (non-hydrogen) atoms. The van der Waals surface area contributed by atoms with Gasteiger partial charge < -0.3 is 5.32 Å². The number of rotatable bonds is 2. The zero-order valence-corrected chi connectivity index (χ0v) is 9.67. The van der Waals surface area contributed by atoms with Crippen molar-refractivity contribution in [1.82, 2.24) is 0 Å². The first-order valence-corrected chi connectivity index (χ1v) is 6.15. The van der Waals surface area contributed by atoms with E-state index in [2.05, 4.69) is 0 Å². The van der Waals surface area contributed by atoms with E-state index in [1.807, 2.05) is 0 Å². The Bertz CT molecular complexity index is 121. The predicted octanol–water partition coefficient (Wildman–Crippen LogP) is 1.03. The summed E-state index contributed by atoms with van der Waals surface area (Å²) >= 11 is 0. The van der Waals surface area contributed by atoms with Crippen LogP contribution in [0.25, 0.3) is 5.32 Å². The zero-order chi connectivity index (χ0) is 8.93. The monoisotopic (exact) mass is 187 g/mol. The van der Waals surface area contributed by atoms with Crippen LogP contribution in [0.4, 0.5) is 0 Å². The van der Waals surface area contributed by atoms with Gasteiger partial charge in [0.25, 0.3) is 0 Å². The summed E-state index contributed by atoms with van der Waals surface area (Å²) in [4.78, 5) is 0. The van der Waals surface area contributed by atoms with Gasteiger partial charge in [-0.1, -0.05) is 64.2 Å². The Morgan fingerprint density at radius 1 is 0.571 bits per heavy atom. The van der Waals surface area contributed by atoms with E-state index in [9.17, 15) is 0 Å². The van der Waals surface area contributed by atoms with Crippen LogP contribution in [0.15, 0.2) is 0 Å². The summed E-state index contributed by atoms with van der Waals surface area (Å²) in [5.74, 6) is 0. The van der Waals surface area contributed by atoms with E-state index in [1.54, 1.807) is 0 Å². The zero-order valence-electron chi connectivity index (χ0n) is 9.67. The third kappa shape index (κ3) is 3.97. The van der Waals surface area contributed by atoms with E-state index in [4.69, 9.17) is 5.32 Å². The minimum Gasteiger partial charge on any atom is -0.657 e. The Hall–Kier alpha value is 0.557. The van der Waals surface area contributed by atoms with Crippen molar-refractivity contribution >= 4 is 0 Å². The Morgan fingerprint density at radius 2 is 0.929 bits per heavy atom. The average Bonchev–Trinajstić information content (AvgIpc) is 2.21. The second-order valence-electron chi connectivity index (χ2n) is 4.73. The summed E-state index contributed by atoms with van der Waals surface area (Å²) in [7, 11) is 0. The molecule has 2 fully saturated rings. The molecular weight excluding hydrogens is 165 g/mol. The average molecular weight is 187 g/mol. The number of nitrogens with zero attached hydrogens (tertiary/aromatic N) is 1. The molecule has 2 saturated carbocycles. The van der Waals surface area contributed by atoms with Crippen molar-refractivity contribution in [3.05, 3.63) is 5.32 Å². The van der Waals surface area contributed by atoms with Gasteiger partial charge in [0, 0.05) is 0 Å². The van der Waals surface area contributed by atoms with E-state index in [0.29, 0.717) is 0 Å². The molecule has 1 nitrogen and oxygen atoms in total. The maximum Gasteiger partial charge on any atom is 1.00 e. The van der Waals surface area contributed by atoms with E-state index in [-0.39, 0.29) is 18.9 Å². The maximum atomic E-state index is 5.00. The molecule has 2 aliphatic carbocycles. The normalized spacial score (nSPS) is 25.7. The number of hydrogen-bond acceptors (Lipinski definition) is 0. The van der Waals surface area contributed by atoms with Crippen molar-refractivity contribution in [3.8, 4) is 0 Å². The van der Waals surface area contributed by atoms with Crippen LogP contribution in [0.2, 0.25) is 0 Å². The van der Waals surface area contributed by atoms with Gasteiger partial charge in [-0.25, -0.2) is 0 Å². The second kappa shape index (κ2) is 6.94. The van der Waals surface area contributed by atoms with Crippen LogP contribution in [0, 0.1) is 0 Å². The Labute approximate surface area is 101 Å². The van der Waals surface area contributed by atoms with Gasteiger partial charge in [-0.05, 0) is 0 Å². The van der Waals surface area contributed by atoms with Gasteiger partial charge in [0.2, 0.25) is 0 Å². The smallest absolute Gasteiger partial charge is 0.657 e. The third-order valence-corrected chi connectivity index (χ3v) is 3.57. The largest absolute Gasteiger partial charge is 1.00 e. The molecule has 0 aliphatic heterocycles.